The number of hydrogen-bond acceptors (Lipinski definition) is 2. The molecule has 0 aliphatic heterocycles. The van der Waals surface area contributed by atoms with Gasteiger partial charge in [-0.05, 0) is 18.1 Å². The van der Waals surface area contributed by atoms with Gasteiger partial charge in [-0.15, -0.1) is 0 Å². The van der Waals surface area contributed by atoms with Crippen molar-refractivity contribution < 1.29 is 0 Å². The van der Waals surface area contributed by atoms with E-state index in [9.17, 15) is 0 Å². The van der Waals surface area contributed by atoms with Gasteiger partial charge in [0.1, 0.15) is 0 Å². The van der Waals surface area contributed by atoms with Gasteiger partial charge in [-0.3, -0.25) is 9.67 Å². The van der Waals surface area contributed by atoms with Gasteiger partial charge >= 0.3 is 0 Å². The minimum Gasteiger partial charge on any atom is -0.356 e. The van der Waals surface area contributed by atoms with Crippen molar-refractivity contribution in [1.29, 1.82) is 0 Å². The summed E-state index contributed by atoms with van der Waals surface area (Å²) in [4.78, 5) is 4.21. The van der Waals surface area contributed by atoms with E-state index in [-0.39, 0.29) is 0 Å². The van der Waals surface area contributed by atoms with Crippen molar-refractivity contribution in [3.63, 3.8) is 0 Å². The number of rotatable bonds is 5. The molecule has 0 atom stereocenters. The molecule has 0 saturated heterocycles. The fraction of sp³-hybridized carbons (Fsp3) is 0.333. The van der Waals surface area contributed by atoms with Crippen LogP contribution in [0.5, 0.6) is 0 Å². The van der Waals surface area contributed by atoms with Crippen molar-refractivity contribution in [2.24, 2.45) is 12.0 Å². The van der Waals surface area contributed by atoms with Crippen LogP contribution in [0.25, 0.3) is 0 Å². The summed E-state index contributed by atoms with van der Waals surface area (Å²) >= 11 is 0. The topological polar surface area (TPSA) is 54.2 Å². The van der Waals surface area contributed by atoms with Crippen LogP contribution in [0.1, 0.15) is 11.3 Å². The minimum atomic E-state index is 0.710. The highest BCUT2D eigenvalue weighted by Crippen LogP contribution is 1.98. The Bertz CT molecular complexity index is 544. The number of aliphatic imine (C=N–C) groups is 1. The zero-order valence-corrected chi connectivity index (χ0v) is 12.0. The highest BCUT2D eigenvalue weighted by Gasteiger charge is 2.01. The van der Waals surface area contributed by atoms with Crippen LogP contribution in [0.3, 0.4) is 0 Å². The Labute approximate surface area is 119 Å². The fourth-order valence-corrected chi connectivity index (χ4v) is 1.94. The second-order valence-electron chi connectivity index (χ2n) is 4.53. The van der Waals surface area contributed by atoms with Crippen molar-refractivity contribution in [3.05, 3.63) is 53.9 Å². The third-order valence-electron chi connectivity index (χ3n) is 3.13. The lowest BCUT2D eigenvalue weighted by Gasteiger charge is -2.12. The third-order valence-corrected chi connectivity index (χ3v) is 3.13. The number of aromatic nitrogens is 2. The summed E-state index contributed by atoms with van der Waals surface area (Å²) in [7, 11) is 3.71. The Morgan fingerprint density at radius 1 is 1.20 bits per heavy atom. The number of aryl methyl sites for hydroxylation is 1. The summed E-state index contributed by atoms with van der Waals surface area (Å²) in [6.45, 7) is 1.57. The molecule has 0 bridgehead atoms. The molecule has 1 heterocycles. The SMILES string of the molecule is CN=C(NCCc1ccccc1)NCc1ccnn1C. The average molecular weight is 271 g/mol. The van der Waals surface area contributed by atoms with E-state index in [1.54, 1.807) is 13.2 Å². The van der Waals surface area contributed by atoms with Gasteiger partial charge in [0.2, 0.25) is 0 Å². The fourth-order valence-electron chi connectivity index (χ4n) is 1.94. The van der Waals surface area contributed by atoms with E-state index in [1.807, 2.05) is 23.9 Å². The molecular formula is C15H21N5. The minimum absolute atomic E-state index is 0.710. The molecule has 106 valence electrons. The summed E-state index contributed by atoms with van der Waals surface area (Å²) in [5.74, 6) is 0.808. The molecule has 20 heavy (non-hydrogen) atoms. The van der Waals surface area contributed by atoms with Gasteiger partial charge in [0.25, 0.3) is 0 Å². The van der Waals surface area contributed by atoms with Gasteiger partial charge < -0.3 is 10.6 Å². The number of nitrogens with zero attached hydrogens (tertiary/aromatic N) is 3. The first-order valence-electron chi connectivity index (χ1n) is 6.75. The maximum atomic E-state index is 4.21. The van der Waals surface area contributed by atoms with Gasteiger partial charge in [-0.25, -0.2) is 0 Å². The summed E-state index contributed by atoms with van der Waals surface area (Å²) in [5, 5.41) is 10.7. The Hall–Kier alpha value is -2.30. The first kappa shape index (κ1) is 14.1. The van der Waals surface area contributed by atoms with Crippen molar-refractivity contribution >= 4 is 5.96 Å². The zero-order valence-electron chi connectivity index (χ0n) is 12.0. The number of nitrogens with one attached hydrogen (secondary N) is 2. The summed E-state index contributed by atoms with van der Waals surface area (Å²) in [6.07, 6.45) is 2.77. The van der Waals surface area contributed by atoms with Gasteiger partial charge in [0.15, 0.2) is 5.96 Å². The van der Waals surface area contributed by atoms with Gasteiger partial charge in [0.05, 0.1) is 12.2 Å². The van der Waals surface area contributed by atoms with E-state index in [2.05, 4.69) is 45.0 Å². The van der Waals surface area contributed by atoms with E-state index in [1.165, 1.54) is 5.56 Å². The maximum Gasteiger partial charge on any atom is 0.191 e. The maximum absolute atomic E-state index is 4.21. The molecule has 5 heteroatoms. The molecule has 0 unspecified atom stereocenters. The first-order chi connectivity index (χ1) is 9.79. The summed E-state index contributed by atoms with van der Waals surface area (Å²) in [6, 6.07) is 12.4. The van der Waals surface area contributed by atoms with Crippen LogP contribution in [0.15, 0.2) is 47.6 Å². The molecule has 1 aromatic heterocycles. The molecule has 5 nitrogen and oxygen atoms in total. The van der Waals surface area contributed by atoms with Crippen LogP contribution in [-0.4, -0.2) is 29.3 Å². The van der Waals surface area contributed by atoms with Crippen molar-refractivity contribution in [2.75, 3.05) is 13.6 Å². The van der Waals surface area contributed by atoms with Gasteiger partial charge in [-0.1, -0.05) is 30.3 Å². The molecule has 0 spiro atoms. The van der Waals surface area contributed by atoms with Crippen LogP contribution < -0.4 is 10.6 Å². The quantitative estimate of drug-likeness (QED) is 0.637. The number of benzene rings is 1. The highest BCUT2D eigenvalue weighted by molar-refractivity contribution is 5.79. The van der Waals surface area contributed by atoms with Crippen LogP contribution in [0.4, 0.5) is 0 Å². The Balaban J connectivity index is 1.74. The summed E-state index contributed by atoms with van der Waals surface area (Å²) < 4.78 is 1.85. The van der Waals surface area contributed by atoms with Crippen LogP contribution in [0.2, 0.25) is 0 Å². The molecular weight excluding hydrogens is 250 g/mol. The van der Waals surface area contributed by atoms with E-state index < -0.39 is 0 Å². The first-order valence-corrected chi connectivity index (χ1v) is 6.75. The average Bonchev–Trinajstić information content (AvgIpc) is 2.89. The predicted molar refractivity (Wildman–Crippen MR) is 81.6 cm³/mol. The molecule has 2 aromatic rings. The lowest BCUT2D eigenvalue weighted by Crippen LogP contribution is -2.38. The molecule has 0 saturated carbocycles. The lowest BCUT2D eigenvalue weighted by molar-refractivity contribution is 0.684. The van der Waals surface area contributed by atoms with E-state index in [0.29, 0.717) is 6.54 Å². The van der Waals surface area contributed by atoms with Gasteiger partial charge in [0, 0.05) is 26.8 Å². The number of guanidine groups is 1. The molecule has 0 radical (unpaired) electrons. The largest absolute Gasteiger partial charge is 0.356 e. The Morgan fingerprint density at radius 2 is 2.00 bits per heavy atom. The highest BCUT2D eigenvalue weighted by atomic mass is 15.3. The van der Waals surface area contributed by atoms with E-state index in [0.717, 1.165) is 24.6 Å². The predicted octanol–water partition coefficient (Wildman–Crippen LogP) is 1.33. The Morgan fingerprint density at radius 3 is 2.65 bits per heavy atom. The molecule has 2 N–H and O–H groups in total. The molecule has 2 rings (SSSR count). The smallest absolute Gasteiger partial charge is 0.191 e. The molecule has 0 aliphatic carbocycles. The van der Waals surface area contributed by atoms with Crippen molar-refractivity contribution in [2.45, 2.75) is 13.0 Å². The molecule has 0 fully saturated rings. The second kappa shape index (κ2) is 7.33. The molecule has 0 aliphatic rings. The van der Waals surface area contributed by atoms with E-state index in [4.69, 9.17) is 0 Å². The molecule has 1 aromatic carbocycles. The third kappa shape index (κ3) is 4.12. The lowest BCUT2D eigenvalue weighted by atomic mass is 10.1. The Kier molecular flexibility index (Phi) is 5.17. The zero-order chi connectivity index (χ0) is 14.2. The standard InChI is InChI=1S/C15H21N5/c1-16-15(18-12-14-9-11-19-20(14)2)17-10-8-13-6-4-3-5-7-13/h3-7,9,11H,8,10,12H2,1-2H3,(H2,16,17,18). The van der Waals surface area contributed by atoms with Gasteiger partial charge in [-0.2, -0.15) is 5.10 Å². The summed E-state index contributed by atoms with van der Waals surface area (Å²) in [5.41, 5.74) is 2.44. The normalized spacial score (nSPS) is 11.4. The second-order valence-corrected chi connectivity index (χ2v) is 4.53. The van der Waals surface area contributed by atoms with E-state index >= 15 is 0 Å². The van der Waals surface area contributed by atoms with Crippen molar-refractivity contribution in [1.82, 2.24) is 20.4 Å². The van der Waals surface area contributed by atoms with Crippen LogP contribution in [-0.2, 0) is 20.0 Å². The van der Waals surface area contributed by atoms with Crippen molar-refractivity contribution in [3.8, 4) is 0 Å². The van der Waals surface area contributed by atoms with Crippen LogP contribution >= 0.6 is 0 Å². The molecule has 0 amide bonds. The van der Waals surface area contributed by atoms with Crippen LogP contribution in [0, 0.1) is 0 Å². The number of hydrogen-bond donors (Lipinski definition) is 2. The monoisotopic (exact) mass is 271 g/mol.